The zero-order valence-corrected chi connectivity index (χ0v) is 18.2. The van der Waals surface area contributed by atoms with E-state index in [4.69, 9.17) is 0 Å². The fourth-order valence-corrected chi connectivity index (χ4v) is 3.93. The van der Waals surface area contributed by atoms with Gasteiger partial charge >= 0.3 is 0 Å². The molecule has 7 heteroatoms. The van der Waals surface area contributed by atoms with Crippen molar-refractivity contribution in [3.05, 3.63) is 46.1 Å². The van der Waals surface area contributed by atoms with E-state index in [1.807, 2.05) is 6.07 Å². The fraction of sp³-hybridized carbons (Fsp3) is 0.350. The summed E-state index contributed by atoms with van der Waals surface area (Å²) in [4.78, 5) is 24.5. The third-order valence-electron chi connectivity index (χ3n) is 4.26. The van der Waals surface area contributed by atoms with Gasteiger partial charge in [0.05, 0.1) is 11.3 Å². The van der Waals surface area contributed by atoms with Crippen LogP contribution in [0.3, 0.4) is 0 Å². The maximum absolute atomic E-state index is 12.6. The SMILES string of the molecule is CC(C)c1cccc(C(C)C)c1NC(=O)CSc1nc2ncc(Br)cc2[nH]1. The molecule has 2 N–H and O–H groups in total. The van der Waals surface area contributed by atoms with Crippen molar-refractivity contribution in [3.63, 3.8) is 0 Å². The maximum Gasteiger partial charge on any atom is 0.234 e. The molecule has 1 amide bonds. The minimum absolute atomic E-state index is 0.0374. The lowest BCUT2D eigenvalue weighted by Gasteiger charge is -2.20. The van der Waals surface area contributed by atoms with Crippen molar-refractivity contribution in [2.45, 2.75) is 44.7 Å². The normalized spacial score (nSPS) is 11.5. The lowest BCUT2D eigenvalue weighted by molar-refractivity contribution is -0.113. The van der Waals surface area contributed by atoms with E-state index < -0.39 is 0 Å². The molecule has 0 atom stereocenters. The van der Waals surface area contributed by atoms with Crippen molar-refractivity contribution in [1.29, 1.82) is 0 Å². The van der Waals surface area contributed by atoms with Gasteiger partial charge in [-0.2, -0.15) is 0 Å². The molecule has 5 nitrogen and oxygen atoms in total. The van der Waals surface area contributed by atoms with Crippen molar-refractivity contribution < 1.29 is 4.79 Å². The monoisotopic (exact) mass is 446 g/mol. The molecular weight excluding hydrogens is 424 g/mol. The van der Waals surface area contributed by atoms with Crippen LogP contribution in [0, 0.1) is 0 Å². The van der Waals surface area contributed by atoms with E-state index in [-0.39, 0.29) is 11.7 Å². The number of benzene rings is 1. The minimum atomic E-state index is -0.0374. The van der Waals surface area contributed by atoms with Crippen molar-refractivity contribution in [3.8, 4) is 0 Å². The molecule has 3 aromatic rings. The zero-order valence-electron chi connectivity index (χ0n) is 15.8. The number of H-pyrrole nitrogens is 1. The molecule has 2 heterocycles. The van der Waals surface area contributed by atoms with Crippen molar-refractivity contribution in [2.24, 2.45) is 0 Å². The number of nitrogens with one attached hydrogen (secondary N) is 2. The van der Waals surface area contributed by atoms with Gasteiger partial charge in [0.25, 0.3) is 0 Å². The van der Waals surface area contributed by atoms with Crippen LogP contribution in [-0.2, 0) is 4.79 Å². The molecule has 0 aliphatic heterocycles. The number of anilines is 1. The number of pyridine rings is 1. The molecule has 2 aromatic heterocycles. The van der Waals surface area contributed by atoms with E-state index in [2.05, 4.69) is 82.1 Å². The summed E-state index contributed by atoms with van der Waals surface area (Å²) < 4.78 is 0.888. The summed E-state index contributed by atoms with van der Waals surface area (Å²) in [5.41, 5.74) is 4.77. The molecule has 0 saturated carbocycles. The van der Waals surface area contributed by atoms with Gasteiger partial charge in [-0.05, 0) is 45.0 Å². The number of hydrogen-bond donors (Lipinski definition) is 2. The molecule has 0 unspecified atom stereocenters. The van der Waals surface area contributed by atoms with Crippen LogP contribution in [-0.4, -0.2) is 26.6 Å². The zero-order chi connectivity index (χ0) is 19.6. The lowest BCUT2D eigenvalue weighted by atomic mass is 9.92. The van der Waals surface area contributed by atoms with Crippen LogP contribution in [0.5, 0.6) is 0 Å². The summed E-state index contributed by atoms with van der Waals surface area (Å²) in [6.45, 7) is 8.57. The first-order valence-electron chi connectivity index (χ1n) is 8.92. The van der Waals surface area contributed by atoms with E-state index in [0.29, 0.717) is 22.6 Å². The van der Waals surface area contributed by atoms with Crippen LogP contribution in [0.15, 0.2) is 40.1 Å². The summed E-state index contributed by atoms with van der Waals surface area (Å²) in [5, 5.41) is 3.82. The largest absolute Gasteiger partial charge is 0.331 e. The lowest BCUT2D eigenvalue weighted by Crippen LogP contribution is -2.17. The first kappa shape index (κ1) is 19.9. The Hall–Kier alpha value is -1.86. The summed E-state index contributed by atoms with van der Waals surface area (Å²) >= 11 is 4.77. The Balaban J connectivity index is 1.73. The van der Waals surface area contributed by atoms with Crippen LogP contribution in [0.2, 0.25) is 0 Å². The third kappa shape index (κ3) is 4.71. The number of para-hydroxylation sites is 1. The molecule has 0 bridgehead atoms. The average molecular weight is 447 g/mol. The number of fused-ring (bicyclic) bond motifs is 1. The number of carbonyl (C=O) groups excluding carboxylic acids is 1. The van der Waals surface area contributed by atoms with E-state index in [9.17, 15) is 4.79 Å². The van der Waals surface area contributed by atoms with Crippen molar-refractivity contribution in [2.75, 3.05) is 11.1 Å². The maximum atomic E-state index is 12.6. The van der Waals surface area contributed by atoms with Gasteiger partial charge in [-0.25, -0.2) is 9.97 Å². The van der Waals surface area contributed by atoms with Crippen LogP contribution >= 0.6 is 27.7 Å². The van der Waals surface area contributed by atoms with Gasteiger partial charge in [0.2, 0.25) is 5.91 Å². The Morgan fingerprint density at radius 3 is 2.52 bits per heavy atom. The van der Waals surface area contributed by atoms with Gasteiger partial charge in [0.15, 0.2) is 10.8 Å². The predicted molar refractivity (Wildman–Crippen MR) is 116 cm³/mol. The highest BCUT2D eigenvalue weighted by atomic mass is 79.9. The molecule has 3 rings (SSSR count). The molecule has 0 fully saturated rings. The highest BCUT2D eigenvalue weighted by Crippen LogP contribution is 2.32. The van der Waals surface area contributed by atoms with Crippen LogP contribution < -0.4 is 5.32 Å². The topological polar surface area (TPSA) is 70.7 Å². The van der Waals surface area contributed by atoms with E-state index in [1.165, 1.54) is 11.8 Å². The smallest absolute Gasteiger partial charge is 0.234 e. The second-order valence-electron chi connectivity index (χ2n) is 7.02. The summed E-state index contributed by atoms with van der Waals surface area (Å²) in [7, 11) is 0. The number of aromatic amines is 1. The highest BCUT2D eigenvalue weighted by molar-refractivity contribution is 9.10. The molecule has 0 aliphatic rings. The number of nitrogens with zero attached hydrogens (tertiary/aromatic N) is 2. The molecule has 0 spiro atoms. The summed E-state index contributed by atoms with van der Waals surface area (Å²) in [6, 6.07) is 8.16. The first-order valence-corrected chi connectivity index (χ1v) is 10.7. The Labute approximate surface area is 171 Å². The molecule has 142 valence electrons. The van der Waals surface area contributed by atoms with Gasteiger partial charge in [-0.15, -0.1) is 0 Å². The number of carbonyl (C=O) groups is 1. The number of thioether (sulfide) groups is 1. The second-order valence-corrected chi connectivity index (χ2v) is 8.90. The number of aromatic nitrogens is 3. The van der Waals surface area contributed by atoms with Gasteiger partial charge in [0.1, 0.15) is 0 Å². The quantitative estimate of drug-likeness (QED) is 0.476. The van der Waals surface area contributed by atoms with Crippen molar-refractivity contribution in [1.82, 2.24) is 15.0 Å². The summed E-state index contributed by atoms with van der Waals surface area (Å²) in [5.74, 6) is 0.924. The molecule has 0 saturated heterocycles. The number of amides is 1. The van der Waals surface area contributed by atoms with Gasteiger partial charge < -0.3 is 10.3 Å². The van der Waals surface area contributed by atoms with Crippen LogP contribution in [0.4, 0.5) is 5.69 Å². The van der Waals surface area contributed by atoms with Crippen LogP contribution in [0.1, 0.15) is 50.7 Å². The van der Waals surface area contributed by atoms with Crippen LogP contribution in [0.25, 0.3) is 11.2 Å². The Bertz CT molecular complexity index is 942. The molecule has 0 radical (unpaired) electrons. The minimum Gasteiger partial charge on any atom is -0.331 e. The fourth-order valence-electron chi connectivity index (χ4n) is 2.93. The van der Waals surface area contributed by atoms with E-state index in [1.54, 1.807) is 6.20 Å². The molecule has 0 aliphatic carbocycles. The Kier molecular flexibility index (Phi) is 6.22. The van der Waals surface area contributed by atoms with Gasteiger partial charge in [-0.3, -0.25) is 4.79 Å². The Morgan fingerprint density at radius 2 is 1.89 bits per heavy atom. The molecular formula is C20H23BrN4OS. The summed E-state index contributed by atoms with van der Waals surface area (Å²) in [6.07, 6.45) is 1.71. The van der Waals surface area contributed by atoms with Crippen molar-refractivity contribution >= 4 is 50.5 Å². The van der Waals surface area contributed by atoms with Gasteiger partial charge in [0, 0.05) is 16.4 Å². The number of halogens is 1. The van der Waals surface area contributed by atoms with E-state index in [0.717, 1.165) is 26.8 Å². The third-order valence-corrected chi connectivity index (χ3v) is 5.57. The average Bonchev–Trinajstić information content (AvgIpc) is 3.01. The Morgan fingerprint density at radius 1 is 1.22 bits per heavy atom. The highest BCUT2D eigenvalue weighted by Gasteiger charge is 2.16. The van der Waals surface area contributed by atoms with Gasteiger partial charge in [-0.1, -0.05) is 57.7 Å². The first-order chi connectivity index (χ1) is 12.8. The standard InChI is InChI=1S/C20H23BrN4OS/c1-11(2)14-6-5-7-15(12(3)4)18(14)24-17(26)10-27-20-23-16-8-13(21)9-22-19(16)25-20/h5-9,11-12H,10H2,1-4H3,(H,24,26)(H,22,23,25). The van der Waals surface area contributed by atoms with E-state index >= 15 is 0 Å². The predicted octanol–water partition coefficient (Wildman–Crippen LogP) is 5.70. The number of hydrogen-bond acceptors (Lipinski definition) is 4. The second kappa shape index (κ2) is 8.44. The number of imidazole rings is 1. The molecule has 27 heavy (non-hydrogen) atoms. The molecule has 1 aromatic carbocycles. The number of rotatable bonds is 6.